The first-order valence-corrected chi connectivity index (χ1v) is 10.6. The van der Waals surface area contributed by atoms with Crippen LogP contribution in [0.1, 0.15) is 12.8 Å². The third-order valence-corrected chi connectivity index (χ3v) is 6.53. The summed E-state index contributed by atoms with van der Waals surface area (Å²) in [5, 5.41) is 22.4. The van der Waals surface area contributed by atoms with Crippen molar-refractivity contribution in [3.63, 3.8) is 0 Å². The number of rotatable bonds is 4. The molecule has 2 aliphatic heterocycles. The van der Waals surface area contributed by atoms with E-state index >= 15 is 0 Å². The molecule has 3 aromatic rings. The lowest BCUT2D eigenvalue weighted by Gasteiger charge is -2.49. The Balaban J connectivity index is 1.38. The van der Waals surface area contributed by atoms with Crippen molar-refractivity contribution < 1.29 is 9.50 Å². The van der Waals surface area contributed by atoms with Crippen LogP contribution in [0, 0.1) is 5.92 Å². The highest BCUT2D eigenvalue weighted by Crippen LogP contribution is 2.36. The molecule has 2 bridgehead atoms. The highest BCUT2D eigenvalue weighted by molar-refractivity contribution is 5.72. The van der Waals surface area contributed by atoms with Crippen molar-refractivity contribution in [2.45, 2.75) is 31.1 Å². The molecule has 32 heavy (non-hydrogen) atoms. The maximum absolute atomic E-state index is 14.9. The lowest BCUT2D eigenvalue weighted by atomic mass is 9.75. The number of nitrogens with zero attached hydrogens (tertiary/aromatic N) is 6. The predicted octanol–water partition coefficient (Wildman–Crippen LogP) is 1.53. The second kappa shape index (κ2) is 7.94. The molecule has 4 heterocycles. The van der Waals surface area contributed by atoms with Gasteiger partial charge in [0.05, 0.1) is 11.7 Å². The molecule has 3 fully saturated rings. The van der Waals surface area contributed by atoms with E-state index in [0.717, 1.165) is 19.4 Å². The van der Waals surface area contributed by atoms with Crippen molar-refractivity contribution in [3.8, 4) is 28.4 Å². The number of nitrogens with one attached hydrogen (secondary N) is 1. The number of phenolic OH excluding ortho intramolecular Hbond substituents is 1. The standard InChI is InChI=1S/C22H24FN7O2/c1-29-11-25-21(26-22(29)32)12-3-5-14(17(31)9-12)15-7-8-18(28-27-15)30(2)20-13-4-6-16(19(20)23)24-10-13/h3,5,7-9,11,13,16,19-20,24,31H,4,6,10H2,1-2H3/t13-,16-,19+,20-/m1/s1. The quantitative estimate of drug-likeness (QED) is 0.633. The summed E-state index contributed by atoms with van der Waals surface area (Å²) >= 11 is 0. The molecule has 2 N–H and O–H groups in total. The van der Waals surface area contributed by atoms with Gasteiger partial charge in [0, 0.05) is 37.8 Å². The molecular weight excluding hydrogens is 413 g/mol. The summed E-state index contributed by atoms with van der Waals surface area (Å²) < 4.78 is 16.2. The van der Waals surface area contributed by atoms with Crippen LogP contribution in [0.4, 0.5) is 10.2 Å². The van der Waals surface area contributed by atoms with E-state index in [0.29, 0.717) is 22.6 Å². The zero-order valence-corrected chi connectivity index (χ0v) is 17.8. The number of hydrogen-bond donors (Lipinski definition) is 2. The first-order chi connectivity index (χ1) is 15.4. The number of anilines is 1. The zero-order chi connectivity index (χ0) is 22.4. The predicted molar refractivity (Wildman–Crippen MR) is 117 cm³/mol. The average molecular weight is 437 g/mol. The van der Waals surface area contributed by atoms with Crippen molar-refractivity contribution in [1.82, 2.24) is 30.0 Å². The Bertz CT molecular complexity index is 1190. The monoisotopic (exact) mass is 437 g/mol. The maximum Gasteiger partial charge on any atom is 0.350 e. The van der Waals surface area contributed by atoms with Gasteiger partial charge in [-0.15, -0.1) is 10.2 Å². The summed E-state index contributed by atoms with van der Waals surface area (Å²) in [5.74, 6) is 1.05. The molecular formula is C22H24FN7O2. The largest absolute Gasteiger partial charge is 0.507 e. The normalized spacial score (nSPS) is 24.5. The first-order valence-electron chi connectivity index (χ1n) is 10.6. The molecule has 2 saturated heterocycles. The fourth-order valence-corrected chi connectivity index (χ4v) is 4.72. The summed E-state index contributed by atoms with van der Waals surface area (Å²) in [6.07, 6.45) is 2.32. The van der Waals surface area contributed by atoms with Gasteiger partial charge >= 0.3 is 5.69 Å². The van der Waals surface area contributed by atoms with E-state index in [4.69, 9.17) is 0 Å². The number of piperidine rings is 2. The minimum Gasteiger partial charge on any atom is -0.507 e. The van der Waals surface area contributed by atoms with Crippen molar-refractivity contribution in [2.75, 3.05) is 18.5 Å². The molecule has 0 amide bonds. The minimum absolute atomic E-state index is 0.0262. The van der Waals surface area contributed by atoms with Gasteiger partial charge in [-0.3, -0.25) is 4.57 Å². The molecule has 0 unspecified atom stereocenters. The van der Waals surface area contributed by atoms with Crippen molar-refractivity contribution in [1.29, 1.82) is 0 Å². The smallest absolute Gasteiger partial charge is 0.350 e. The molecule has 0 radical (unpaired) electrons. The Labute approximate surface area is 184 Å². The van der Waals surface area contributed by atoms with Crippen LogP contribution in [0.3, 0.4) is 0 Å². The van der Waals surface area contributed by atoms with Crippen LogP contribution in [-0.2, 0) is 7.05 Å². The SMILES string of the molecule is CN(c1ccc(-c2ccc(-c3ncn(C)c(=O)n3)cc2O)nn1)[C@@H]1[C@@H]2CC[C@@H](NC2)[C@@H]1F. The van der Waals surface area contributed by atoms with Crippen molar-refractivity contribution in [3.05, 3.63) is 47.1 Å². The lowest BCUT2D eigenvalue weighted by Crippen LogP contribution is -2.64. The van der Waals surface area contributed by atoms with E-state index in [1.54, 1.807) is 31.3 Å². The van der Waals surface area contributed by atoms with Crippen molar-refractivity contribution in [2.24, 2.45) is 13.0 Å². The molecule has 0 spiro atoms. The Morgan fingerprint density at radius 3 is 2.69 bits per heavy atom. The number of aryl methyl sites for hydroxylation is 1. The number of benzene rings is 1. The molecule has 2 aromatic heterocycles. The van der Waals surface area contributed by atoms with E-state index in [-0.39, 0.29) is 29.6 Å². The molecule has 6 rings (SSSR count). The van der Waals surface area contributed by atoms with Gasteiger partial charge < -0.3 is 15.3 Å². The summed E-state index contributed by atoms with van der Waals surface area (Å²) in [4.78, 5) is 21.7. The van der Waals surface area contributed by atoms with E-state index in [2.05, 4.69) is 25.5 Å². The fourth-order valence-electron chi connectivity index (χ4n) is 4.72. The van der Waals surface area contributed by atoms with Gasteiger partial charge in [0.25, 0.3) is 0 Å². The van der Waals surface area contributed by atoms with Gasteiger partial charge in [-0.05, 0) is 43.0 Å². The fraction of sp³-hybridized carbons (Fsp3) is 0.409. The number of aromatic hydroxyl groups is 1. The van der Waals surface area contributed by atoms with Crippen molar-refractivity contribution >= 4 is 5.82 Å². The topological polar surface area (TPSA) is 109 Å². The van der Waals surface area contributed by atoms with Crippen LogP contribution < -0.4 is 15.9 Å². The van der Waals surface area contributed by atoms with Crippen LogP contribution in [-0.4, -0.2) is 61.7 Å². The van der Waals surface area contributed by atoms with Crippen LogP contribution in [0.2, 0.25) is 0 Å². The van der Waals surface area contributed by atoms with Gasteiger partial charge in [0.1, 0.15) is 18.2 Å². The molecule has 166 valence electrons. The molecule has 4 atom stereocenters. The molecule has 1 aliphatic carbocycles. The summed E-state index contributed by atoms with van der Waals surface area (Å²) in [7, 11) is 3.42. The lowest BCUT2D eigenvalue weighted by molar-refractivity contribution is 0.0702. The molecule has 1 aromatic carbocycles. The molecule has 9 nitrogen and oxygen atoms in total. The zero-order valence-electron chi connectivity index (χ0n) is 17.8. The van der Waals surface area contributed by atoms with E-state index in [9.17, 15) is 14.3 Å². The molecule has 10 heteroatoms. The van der Waals surface area contributed by atoms with Crippen LogP contribution >= 0.6 is 0 Å². The number of alkyl halides is 1. The Kier molecular flexibility index (Phi) is 5.09. The van der Waals surface area contributed by atoms with Gasteiger partial charge in [-0.1, -0.05) is 6.07 Å². The number of hydrogen-bond acceptors (Lipinski definition) is 8. The minimum atomic E-state index is -0.942. The van der Waals surface area contributed by atoms with Crippen LogP contribution in [0.5, 0.6) is 5.75 Å². The number of fused-ring (bicyclic) bond motifs is 3. The summed E-state index contributed by atoms with van der Waals surface area (Å²) in [5.41, 5.74) is 1.06. The van der Waals surface area contributed by atoms with Gasteiger partial charge in [0.2, 0.25) is 0 Å². The van der Waals surface area contributed by atoms with Crippen LogP contribution in [0.25, 0.3) is 22.6 Å². The second-order valence-corrected chi connectivity index (χ2v) is 8.48. The number of halogens is 1. The first kappa shape index (κ1) is 20.5. The summed E-state index contributed by atoms with van der Waals surface area (Å²) in [6, 6.07) is 8.13. The number of aromatic nitrogens is 5. The van der Waals surface area contributed by atoms with Gasteiger partial charge in [0.15, 0.2) is 11.6 Å². The van der Waals surface area contributed by atoms with Gasteiger partial charge in [-0.2, -0.15) is 4.98 Å². The Hall–Kier alpha value is -3.40. The van der Waals surface area contributed by atoms with E-state index < -0.39 is 11.9 Å². The summed E-state index contributed by atoms with van der Waals surface area (Å²) in [6.45, 7) is 0.822. The third kappa shape index (κ3) is 3.50. The van der Waals surface area contributed by atoms with Crippen LogP contribution in [0.15, 0.2) is 41.5 Å². The van der Waals surface area contributed by atoms with E-state index in [1.165, 1.54) is 17.0 Å². The maximum atomic E-state index is 14.9. The highest BCUT2D eigenvalue weighted by Gasteiger charge is 2.46. The van der Waals surface area contributed by atoms with E-state index in [1.807, 2.05) is 11.9 Å². The number of phenols is 1. The average Bonchev–Trinajstić information content (AvgIpc) is 2.81. The molecule has 3 aliphatic rings. The third-order valence-electron chi connectivity index (χ3n) is 6.53. The Morgan fingerprint density at radius 1 is 1.22 bits per heavy atom. The van der Waals surface area contributed by atoms with Gasteiger partial charge in [-0.25, -0.2) is 14.2 Å². The second-order valence-electron chi connectivity index (χ2n) is 8.48. The Morgan fingerprint density at radius 2 is 2.06 bits per heavy atom. The highest BCUT2D eigenvalue weighted by atomic mass is 19.1. The molecule has 1 saturated carbocycles.